The molecule has 5 aromatic rings. The number of hydrogen-bond acceptors (Lipinski definition) is 12. The van der Waals surface area contributed by atoms with Crippen LogP contribution in [0.4, 0.5) is 16.8 Å². The zero-order chi connectivity index (χ0) is 39.9. The van der Waals surface area contributed by atoms with Crippen LogP contribution in [0.2, 0.25) is 25.7 Å². The third-order valence-electron chi connectivity index (χ3n) is 10.8. The molecule has 0 spiro atoms. The normalized spacial score (nSPS) is 14.8. The second-order valence-corrected chi connectivity index (χ2v) is 23.8. The summed E-state index contributed by atoms with van der Waals surface area (Å²) in [7, 11) is 0.655. The second kappa shape index (κ2) is 18.7. The van der Waals surface area contributed by atoms with Gasteiger partial charge in [-0.2, -0.15) is 10.1 Å². The molecule has 1 saturated carbocycles. The lowest BCUT2D eigenvalue weighted by atomic mass is 9.71. The van der Waals surface area contributed by atoms with Gasteiger partial charge in [0.15, 0.2) is 27.3 Å². The predicted molar refractivity (Wildman–Crippen MR) is 229 cm³/mol. The van der Waals surface area contributed by atoms with Crippen molar-refractivity contribution in [1.29, 1.82) is 0 Å². The van der Waals surface area contributed by atoms with E-state index in [2.05, 4.69) is 63.5 Å². The third-order valence-corrected chi connectivity index (χ3v) is 14.8. The number of nitrogens with one attached hydrogen (secondary N) is 1. The highest BCUT2D eigenvalue weighted by Gasteiger charge is 2.34. The molecular weight excluding hydrogens is 761 g/mol. The van der Waals surface area contributed by atoms with E-state index < -0.39 is 14.0 Å². The maximum atomic E-state index is 13.3. The van der Waals surface area contributed by atoms with Crippen LogP contribution in [0.5, 0.6) is 0 Å². The van der Waals surface area contributed by atoms with Gasteiger partial charge in [-0.3, -0.25) is 9.25 Å². The van der Waals surface area contributed by atoms with Crippen LogP contribution in [-0.2, 0) is 27.5 Å². The van der Waals surface area contributed by atoms with Gasteiger partial charge in [0.05, 0.1) is 27.9 Å². The molecular formula is C41H58N8O4S2Si. The molecule has 0 saturated heterocycles. The number of para-hydroxylation sites is 1. The average molecular weight is 819 g/mol. The molecule has 6 rings (SSSR count). The number of esters is 1. The molecule has 0 bridgehead atoms. The maximum Gasteiger partial charge on any atom is 0.358 e. The highest BCUT2D eigenvalue weighted by atomic mass is 32.1. The Labute approximate surface area is 339 Å². The number of methoxy groups -OCH3 is 1. The molecule has 1 aliphatic rings. The number of fused-ring (bicyclic) bond motifs is 1. The summed E-state index contributed by atoms with van der Waals surface area (Å²) in [6.45, 7) is 18.1. The Morgan fingerprint density at radius 1 is 1.02 bits per heavy atom. The molecule has 0 amide bonds. The van der Waals surface area contributed by atoms with Crippen LogP contribution >= 0.6 is 22.7 Å². The molecule has 1 fully saturated rings. The number of carbonyl (C=O) groups is 1. The van der Waals surface area contributed by atoms with Crippen molar-refractivity contribution < 1.29 is 19.0 Å². The van der Waals surface area contributed by atoms with Crippen LogP contribution in [0.1, 0.15) is 85.6 Å². The number of ether oxygens (including phenoxy) is 3. The first-order valence-electron chi connectivity index (χ1n) is 19.9. The Hall–Kier alpha value is -3.76. The Morgan fingerprint density at radius 3 is 2.55 bits per heavy atom. The fraction of sp³-hybridized carbons (Fsp3) is 0.561. The van der Waals surface area contributed by atoms with E-state index in [4.69, 9.17) is 29.3 Å². The monoisotopic (exact) mass is 818 g/mol. The lowest BCUT2D eigenvalue weighted by Crippen LogP contribution is -2.31. The number of benzene rings is 1. The lowest BCUT2D eigenvalue weighted by molar-refractivity contribution is 0.0521. The van der Waals surface area contributed by atoms with Crippen molar-refractivity contribution in [2.75, 3.05) is 32.2 Å². The van der Waals surface area contributed by atoms with Crippen LogP contribution in [0.25, 0.3) is 20.7 Å². The molecule has 15 heteroatoms. The van der Waals surface area contributed by atoms with Gasteiger partial charge in [0, 0.05) is 57.3 Å². The Kier molecular flexibility index (Phi) is 14.0. The summed E-state index contributed by atoms with van der Waals surface area (Å²) < 4.78 is 22.4. The smallest absolute Gasteiger partial charge is 0.358 e. The van der Waals surface area contributed by atoms with Crippen LogP contribution in [0.3, 0.4) is 0 Å². The maximum absolute atomic E-state index is 13.3. The minimum atomic E-state index is -1.12. The topological polar surface area (TPSA) is 131 Å². The predicted octanol–water partition coefficient (Wildman–Crippen LogP) is 9.97. The van der Waals surface area contributed by atoms with Crippen LogP contribution in [0.15, 0.2) is 35.5 Å². The summed E-state index contributed by atoms with van der Waals surface area (Å²) >= 11 is 3.00. The van der Waals surface area contributed by atoms with Crippen molar-refractivity contribution in [3.05, 3.63) is 57.8 Å². The molecule has 0 radical (unpaired) electrons. The van der Waals surface area contributed by atoms with E-state index in [9.17, 15) is 4.79 Å². The SMILES string of the molecule is CCOC(=O)c1nc(Nc2nnc(N=c3sc4ccccc4n3COCCC[Si](C)(C)C)c(C)c2C)sc1-c1cnn(CC2(CCCOC)CCCCC2)c1C. The van der Waals surface area contributed by atoms with Gasteiger partial charge in [-0.15, -0.1) is 10.2 Å². The molecule has 4 heterocycles. The van der Waals surface area contributed by atoms with Gasteiger partial charge in [-0.05, 0) is 77.3 Å². The standard InChI is InChI=1S/C41H58N8O4S2Si/c1-9-53-38(50)34-35(31-25-42-49(30(31)4)26-41(21-15-22-51-5)19-13-10-14-20-41)55-39(43-34)44-36-28(2)29(3)37(47-46-36)45-40-48(27-52-23-16-24-56(6,7)8)32-17-11-12-18-33(32)54-40/h11-12,17-18,25H,9-10,13-16,19-24,26-27H2,1-8H3,(H,43,44,46). The van der Waals surface area contributed by atoms with E-state index >= 15 is 0 Å². The number of thiazole rings is 2. The van der Waals surface area contributed by atoms with E-state index in [0.717, 1.165) is 74.7 Å². The summed E-state index contributed by atoms with van der Waals surface area (Å²) in [5.74, 6) is 0.627. The van der Waals surface area contributed by atoms with Crippen molar-refractivity contribution in [2.45, 2.75) is 118 Å². The van der Waals surface area contributed by atoms with E-state index in [1.807, 2.05) is 32.2 Å². The summed E-state index contributed by atoms with van der Waals surface area (Å²) in [6, 6.07) is 9.53. The first-order valence-corrected chi connectivity index (χ1v) is 25.3. The first kappa shape index (κ1) is 41.9. The zero-order valence-electron chi connectivity index (χ0n) is 34.4. The highest BCUT2D eigenvalue weighted by molar-refractivity contribution is 7.19. The van der Waals surface area contributed by atoms with Crippen molar-refractivity contribution in [2.24, 2.45) is 10.4 Å². The fourth-order valence-corrected chi connectivity index (χ4v) is 10.8. The van der Waals surface area contributed by atoms with Crippen LogP contribution < -0.4 is 10.1 Å². The fourth-order valence-electron chi connectivity index (χ4n) is 7.52. The number of carbonyl (C=O) groups excluding carboxylic acids is 1. The molecule has 56 heavy (non-hydrogen) atoms. The molecule has 0 aliphatic heterocycles. The molecule has 0 unspecified atom stereocenters. The molecule has 1 aliphatic carbocycles. The van der Waals surface area contributed by atoms with Crippen molar-refractivity contribution >= 4 is 63.7 Å². The van der Waals surface area contributed by atoms with Gasteiger partial charge in [-0.1, -0.05) is 79.8 Å². The number of nitrogens with zero attached hydrogens (tertiary/aromatic N) is 7. The first-order chi connectivity index (χ1) is 26.9. The molecule has 0 atom stereocenters. The van der Waals surface area contributed by atoms with E-state index in [0.29, 0.717) is 30.1 Å². The quantitative estimate of drug-likeness (QED) is 0.0522. The second-order valence-electron chi connectivity index (χ2n) is 16.2. The van der Waals surface area contributed by atoms with Gasteiger partial charge in [0.25, 0.3) is 0 Å². The zero-order valence-corrected chi connectivity index (χ0v) is 37.0. The minimum Gasteiger partial charge on any atom is -0.461 e. The van der Waals surface area contributed by atoms with Gasteiger partial charge in [-0.25, -0.2) is 9.78 Å². The number of rotatable bonds is 18. The summed E-state index contributed by atoms with van der Waals surface area (Å²) in [5.41, 5.74) is 5.21. The summed E-state index contributed by atoms with van der Waals surface area (Å²) in [4.78, 5) is 24.6. The number of aromatic nitrogens is 6. The van der Waals surface area contributed by atoms with Gasteiger partial charge >= 0.3 is 5.97 Å². The van der Waals surface area contributed by atoms with Gasteiger partial charge < -0.3 is 19.5 Å². The van der Waals surface area contributed by atoms with Crippen LogP contribution in [0, 0.1) is 26.2 Å². The lowest BCUT2D eigenvalue weighted by Gasteiger charge is -2.37. The Morgan fingerprint density at radius 2 is 1.80 bits per heavy atom. The molecule has 1 N–H and O–H groups in total. The number of hydrogen-bond donors (Lipinski definition) is 1. The Bertz CT molecular complexity index is 2180. The minimum absolute atomic E-state index is 0.194. The number of anilines is 2. The van der Waals surface area contributed by atoms with Gasteiger partial charge in [0.1, 0.15) is 6.73 Å². The Balaban J connectivity index is 1.26. The van der Waals surface area contributed by atoms with E-state index in [-0.39, 0.29) is 17.7 Å². The van der Waals surface area contributed by atoms with Crippen molar-refractivity contribution in [1.82, 2.24) is 29.5 Å². The molecule has 1 aromatic carbocycles. The molecule has 4 aromatic heterocycles. The molecule has 12 nitrogen and oxygen atoms in total. The van der Waals surface area contributed by atoms with Crippen molar-refractivity contribution in [3.8, 4) is 10.4 Å². The average Bonchev–Trinajstić information content (AvgIpc) is 3.86. The van der Waals surface area contributed by atoms with Gasteiger partial charge in [0.2, 0.25) is 0 Å². The van der Waals surface area contributed by atoms with Crippen molar-refractivity contribution in [3.63, 3.8) is 0 Å². The largest absolute Gasteiger partial charge is 0.461 e. The van der Waals surface area contributed by atoms with E-state index in [1.54, 1.807) is 25.4 Å². The van der Waals surface area contributed by atoms with Crippen LogP contribution in [-0.4, -0.2) is 70.5 Å². The summed E-state index contributed by atoms with van der Waals surface area (Å²) in [5, 5.41) is 17.9. The third kappa shape index (κ3) is 10.0. The highest BCUT2D eigenvalue weighted by Crippen LogP contribution is 2.43. The molecule has 302 valence electrons. The summed E-state index contributed by atoms with van der Waals surface area (Å²) in [6.07, 6.45) is 11.2. The van der Waals surface area contributed by atoms with E-state index in [1.165, 1.54) is 49.5 Å².